The predicted octanol–water partition coefficient (Wildman–Crippen LogP) is 4.78. The third-order valence-corrected chi connectivity index (χ3v) is 8.98. The molecule has 1 atom stereocenters. The molecule has 224 valence electrons. The zero-order chi connectivity index (χ0) is 30.1. The Morgan fingerprint density at radius 3 is 2.36 bits per heavy atom. The van der Waals surface area contributed by atoms with Gasteiger partial charge in [0.05, 0.1) is 11.4 Å². The number of halogens is 1. The quantitative estimate of drug-likeness (QED) is 0.262. The fraction of sp³-hybridized carbons (Fsp3) is 0.355. The Kier molecular flexibility index (Phi) is 10.7. The number of nitrogens with one attached hydrogen (secondary N) is 1. The minimum absolute atomic E-state index is 0.0292. The van der Waals surface area contributed by atoms with Crippen molar-refractivity contribution >= 4 is 39.1 Å². The summed E-state index contributed by atoms with van der Waals surface area (Å²) in [5, 5.41) is 3.51. The van der Waals surface area contributed by atoms with Crippen LogP contribution >= 0.6 is 11.6 Å². The van der Waals surface area contributed by atoms with Crippen LogP contribution in [0, 0.1) is 0 Å². The fourth-order valence-corrected chi connectivity index (χ4v) is 5.79. The summed E-state index contributed by atoms with van der Waals surface area (Å²) < 4.78 is 38.5. The molecule has 3 aromatic rings. The molecule has 42 heavy (non-hydrogen) atoms. The van der Waals surface area contributed by atoms with E-state index in [1.165, 1.54) is 11.8 Å². The van der Waals surface area contributed by atoms with Crippen molar-refractivity contribution in [2.24, 2.45) is 0 Å². The van der Waals surface area contributed by atoms with Crippen molar-refractivity contribution in [3.63, 3.8) is 0 Å². The van der Waals surface area contributed by atoms with Crippen LogP contribution < -0.4 is 19.1 Å². The second-order valence-corrected chi connectivity index (χ2v) is 12.6. The van der Waals surface area contributed by atoms with Crippen LogP contribution in [0.4, 0.5) is 5.69 Å². The molecule has 0 saturated heterocycles. The number of amides is 2. The maximum absolute atomic E-state index is 14.2. The van der Waals surface area contributed by atoms with Crippen LogP contribution in [0.25, 0.3) is 0 Å². The number of fused-ring (bicyclic) bond motifs is 1. The molecule has 3 aromatic carbocycles. The average molecular weight is 614 g/mol. The van der Waals surface area contributed by atoms with Crippen molar-refractivity contribution in [3.05, 3.63) is 88.9 Å². The van der Waals surface area contributed by atoms with Gasteiger partial charge in [-0.25, -0.2) is 8.42 Å². The van der Waals surface area contributed by atoms with Gasteiger partial charge in [0.25, 0.3) is 0 Å². The van der Waals surface area contributed by atoms with Crippen molar-refractivity contribution in [2.75, 3.05) is 29.9 Å². The van der Waals surface area contributed by atoms with Crippen LogP contribution in [-0.2, 0) is 32.6 Å². The van der Waals surface area contributed by atoms with Gasteiger partial charge in [0.1, 0.15) is 12.6 Å². The molecular weight excluding hydrogens is 578 g/mol. The predicted molar refractivity (Wildman–Crippen MR) is 163 cm³/mol. The monoisotopic (exact) mass is 613 g/mol. The Bertz CT molecular complexity index is 1470. The highest BCUT2D eigenvalue weighted by Crippen LogP contribution is 2.36. The lowest BCUT2D eigenvalue weighted by Gasteiger charge is -2.33. The Balaban J connectivity index is 1.72. The first kappa shape index (κ1) is 31.2. The van der Waals surface area contributed by atoms with E-state index in [2.05, 4.69) is 5.32 Å². The van der Waals surface area contributed by atoms with E-state index in [1.807, 2.05) is 37.3 Å². The molecule has 4 rings (SSSR count). The van der Waals surface area contributed by atoms with Gasteiger partial charge in [0.15, 0.2) is 11.5 Å². The summed E-state index contributed by atoms with van der Waals surface area (Å²) in [4.78, 5) is 29.3. The number of benzene rings is 3. The van der Waals surface area contributed by atoms with Crippen LogP contribution in [0.3, 0.4) is 0 Å². The molecule has 0 spiro atoms. The second-order valence-electron chi connectivity index (χ2n) is 9.94. The van der Waals surface area contributed by atoms with E-state index >= 15 is 0 Å². The number of ether oxygens (including phenoxy) is 2. The van der Waals surface area contributed by atoms with Crippen LogP contribution in [0.15, 0.2) is 72.8 Å². The Morgan fingerprint density at radius 1 is 0.952 bits per heavy atom. The maximum atomic E-state index is 14.2. The van der Waals surface area contributed by atoms with Crippen LogP contribution in [-0.4, -0.2) is 56.8 Å². The smallest absolute Gasteiger partial charge is 0.244 e. The van der Waals surface area contributed by atoms with Crippen LogP contribution in [0.2, 0.25) is 5.02 Å². The minimum atomic E-state index is -3.89. The molecule has 1 heterocycles. The molecule has 2 amide bonds. The molecule has 0 radical (unpaired) electrons. The summed E-state index contributed by atoms with van der Waals surface area (Å²) >= 11 is 6.11. The topological polar surface area (TPSA) is 105 Å². The number of rotatable bonds is 14. The van der Waals surface area contributed by atoms with Crippen LogP contribution in [0.1, 0.15) is 37.8 Å². The van der Waals surface area contributed by atoms with Gasteiger partial charge in [0, 0.05) is 30.6 Å². The molecule has 1 unspecified atom stereocenters. The fourth-order valence-electron chi connectivity index (χ4n) is 4.61. The number of unbranched alkanes of at least 4 members (excludes halogenated alkanes) is 1. The van der Waals surface area contributed by atoms with E-state index in [0.717, 1.165) is 28.3 Å². The first-order valence-corrected chi connectivity index (χ1v) is 16.0. The van der Waals surface area contributed by atoms with Gasteiger partial charge in [-0.3, -0.25) is 13.9 Å². The van der Waals surface area contributed by atoms with Gasteiger partial charge in [-0.1, -0.05) is 67.4 Å². The molecular formula is C31H36ClN3O6S. The summed E-state index contributed by atoms with van der Waals surface area (Å²) in [6.45, 7) is 3.62. The first-order valence-electron chi connectivity index (χ1n) is 14.0. The molecule has 9 nitrogen and oxygen atoms in total. The summed E-state index contributed by atoms with van der Waals surface area (Å²) in [6.07, 6.45) is 1.95. The highest BCUT2D eigenvalue weighted by molar-refractivity contribution is 7.92. The molecule has 0 bridgehead atoms. The van der Waals surface area contributed by atoms with Gasteiger partial charge in [0.2, 0.25) is 28.6 Å². The lowest BCUT2D eigenvalue weighted by Crippen LogP contribution is -2.53. The second kappa shape index (κ2) is 14.4. The van der Waals surface area contributed by atoms with Gasteiger partial charge in [-0.15, -0.1) is 0 Å². The van der Waals surface area contributed by atoms with Crippen LogP contribution in [0.5, 0.6) is 11.5 Å². The zero-order valence-electron chi connectivity index (χ0n) is 23.8. The normalized spacial score (nSPS) is 12.9. The molecule has 0 saturated carbocycles. The third-order valence-electron chi connectivity index (χ3n) is 6.99. The van der Waals surface area contributed by atoms with Crippen molar-refractivity contribution in [1.82, 2.24) is 10.2 Å². The highest BCUT2D eigenvalue weighted by atomic mass is 35.5. The molecule has 1 N–H and O–H groups in total. The van der Waals surface area contributed by atoms with E-state index in [4.69, 9.17) is 21.1 Å². The number of carbonyl (C=O) groups excluding carboxylic acids is 2. The maximum Gasteiger partial charge on any atom is 0.244 e. The van der Waals surface area contributed by atoms with E-state index in [-0.39, 0.29) is 37.1 Å². The molecule has 1 aliphatic rings. The Morgan fingerprint density at radius 2 is 1.67 bits per heavy atom. The van der Waals surface area contributed by atoms with Crippen molar-refractivity contribution in [3.8, 4) is 11.5 Å². The standard InChI is InChI=1S/C31H36ClN3O6S/c1-3-5-17-33-31(37)27(18-23-9-7-6-8-10-23)34(20-24-11-13-25(32)14-12-24)30(36)21-35(42(38,39)4-2)26-15-16-28-29(19-26)41-22-40-28/h6-16,19,27H,3-5,17-18,20-22H2,1-2H3,(H,33,37). The van der Waals surface area contributed by atoms with Gasteiger partial charge in [-0.05, 0) is 48.7 Å². The van der Waals surface area contributed by atoms with E-state index < -0.39 is 28.5 Å². The Hall–Kier alpha value is -3.76. The number of anilines is 1. The molecule has 11 heteroatoms. The number of nitrogens with zero attached hydrogens (tertiary/aromatic N) is 2. The summed E-state index contributed by atoms with van der Waals surface area (Å²) in [7, 11) is -3.89. The van der Waals surface area contributed by atoms with Gasteiger partial charge >= 0.3 is 0 Å². The third kappa shape index (κ3) is 7.95. The van der Waals surface area contributed by atoms with Crippen molar-refractivity contribution in [1.29, 1.82) is 0 Å². The highest BCUT2D eigenvalue weighted by Gasteiger charge is 2.34. The summed E-state index contributed by atoms with van der Waals surface area (Å²) in [5.41, 5.74) is 1.89. The minimum Gasteiger partial charge on any atom is -0.454 e. The number of hydrogen-bond acceptors (Lipinski definition) is 6. The molecule has 0 aromatic heterocycles. The number of hydrogen-bond donors (Lipinski definition) is 1. The molecule has 0 fully saturated rings. The Labute approximate surface area is 252 Å². The lowest BCUT2D eigenvalue weighted by molar-refractivity contribution is -0.140. The van der Waals surface area contributed by atoms with E-state index in [0.29, 0.717) is 23.1 Å². The SMILES string of the molecule is CCCCNC(=O)C(Cc1ccccc1)N(Cc1ccc(Cl)cc1)C(=O)CN(c1ccc2c(c1)OCO2)S(=O)(=O)CC. The zero-order valence-corrected chi connectivity index (χ0v) is 25.4. The van der Waals surface area contributed by atoms with Gasteiger partial charge in [-0.2, -0.15) is 0 Å². The molecule has 1 aliphatic heterocycles. The number of sulfonamides is 1. The first-order chi connectivity index (χ1) is 20.2. The molecule has 0 aliphatic carbocycles. The van der Waals surface area contributed by atoms with E-state index in [9.17, 15) is 18.0 Å². The summed E-state index contributed by atoms with van der Waals surface area (Å²) in [5.74, 6) is -0.160. The largest absolute Gasteiger partial charge is 0.454 e. The van der Waals surface area contributed by atoms with E-state index in [1.54, 1.807) is 42.5 Å². The van der Waals surface area contributed by atoms with Crippen molar-refractivity contribution < 1.29 is 27.5 Å². The average Bonchev–Trinajstić information content (AvgIpc) is 3.47. The summed E-state index contributed by atoms with van der Waals surface area (Å²) in [6, 6.07) is 20.3. The number of carbonyl (C=O) groups is 2. The van der Waals surface area contributed by atoms with Crippen molar-refractivity contribution in [2.45, 2.75) is 45.7 Å². The lowest BCUT2D eigenvalue weighted by atomic mass is 10.0. The van der Waals surface area contributed by atoms with Gasteiger partial charge < -0.3 is 19.7 Å².